The van der Waals surface area contributed by atoms with Crippen LogP contribution < -0.4 is 5.32 Å². The zero-order chi connectivity index (χ0) is 14.8. The Balaban J connectivity index is 1.92. The smallest absolute Gasteiger partial charge is 0.0682 e. The van der Waals surface area contributed by atoms with Crippen LogP contribution in [0.1, 0.15) is 39.7 Å². The number of hydrogen-bond donors (Lipinski definition) is 2. The number of rotatable bonds is 6. The molecule has 3 heteroatoms. The van der Waals surface area contributed by atoms with E-state index in [1.54, 1.807) is 0 Å². The number of ether oxygens (including phenoxy) is 1. The van der Waals surface area contributed by atoms with Crippen LogP contribution in [-0.2, 0) is 11.3 Å². The van der Waals surface area contributed by atoms with Gasteiger partial charge in [-0.3, -0.25) is 0 Å². The van der Waals surface area contributed by atoms with E-state index in [-0.39, 0.29) is 12.0 Å². The Morgan fingerprint density at radius 2 is 2.15 bits per heavy atom. The summed E-state index contributed by atoms with van der Waals surface area (Å²) in [5.41, 5.74) is 2.17. The second-order valence-electron chi connectivity index (χ2n) is 6.83. The molecule has 0 heterocycles. The summed E-state index contributed by atoms with van der Waals surface area (Å²) in [6.07, 6.45) is 1.38. The lowest BCUT2D eigenvalue weighted by Crippen LogP contribution is -2.58. The van der Waals surface area contributed by atoms with Crippen molar-refractivity contribution in [1.82, 2.24) is 0 Å². The van der Waals surface area contributed by atoms with Gasteiger partial charge in [-0.15, -0.1) is 0 Å². The molecule has 0 spiro atoms. The summed E-state index contributed by atoms with van der Waals surface area (Å²) in [6.45, 7) is 9.80. The first-order chi connectivity index (χ1) is 9.43. The predicted molar refractivity (Wildman–Crippen MR) is 82.8 cm³/mol. The van der Waals surface area contributed by atoms with Gasteiger partial charge >= 0.3 is 0 Å². The molecule has 0 bridgehead atoms. The lowest BCUT2D eigenvalue weighted by atomic mass is 9.64. The van der Waals surface area contributed by atoms with E-state index >= 15 is 0 Å². The molecule has 0 radical (unpaired) electrons. The Morgan fingerprint density at radius 3 is 2.75 bits per heavy atom. The Hall–Kier alpha value is -1.06. The fourth-order valence-electron chi connectivity index (χ4n) is 2.68. The zero-order valence-corrected chi connectivity index (χ0v) is 13.0. The molecule has 2 unspecified atom stereocenters. The Bertz CT molecular complexity index is 442. The van der Waals surface area contributed by atoms with Crippen LogP contribution in [0.3, 0.4) is 0 Å². The van der Waals surface area contributed by atoms with Crippen molar-refractivity contribution in [3.8, 4) is 0 Å². The number of anilines is 1. The maximum Gasteiger partial charge on any atom is 0.0682 e. The highest BCUT2D eigenvalue weighted by atomic mass is 16.5. The van der Waals surface area contributed by atoms with Gasteiger partial charge in [-0.05, 0) is 30.0 Å². The van der Waals surface area contributed by atoms with Gasteiger partial charge in [-0.1, -0.05) is 39.8 Å². The van der Waals surface area contributed by atoms with Crippen molar-refractivity contribution in [2.24, 2.45) is 11.3 Å². The van der Waals surface area contributed by atoms with Gasteiger partial charge in [-0.2, -0.15) is 0 Å². The summed E-state index contributed by atoms with van der Waals surface area (Å²) in [4.78, 5) is 0. The molecular weight excluding hydrogens is 250 g/mol. The minimum absolute atomic E-state index is 0.0870. The van der Waals surface area contributed by atoms with E-state index in [0.717, 1.165) is 24.3 Å². The molecule has 2 N–H and O–H groups in total. The van der Waals surface area contributed by atoms with Crippen molar-refractivity contribution in [2.75, 3.05) is 11.9 Å². The lowest BCUT2D eigenvalue weighted by Gasteiger charge is -2.52. The Labute approximate surface area is 122 Å². The van der Waals surface area contributed by atoms with Gasteiger partial charge in [0.05, 0.1) is 12.7 Å². The second-order valence-corrected chi connectivity index (χ2v) is 6.83. The number of aliphatic hydroxyl groups excluding tert-OH is 1. The number of benzene rings is 1. The molecule has 1 aromatic rings. The maximum absolute atomic E-state index is 9.19. The van der Waals surface area contributed by atoms with Crippen LogP contribution in [0.4, 0.5) is 5.69 Å². The van der Waals surface area contributed by atoms with Crippen LogP contribution in [0.25, 0.3) is 0 Å². The minimum Gasteiger partial charge on any atom is -0.392 e. The zero-order valence-electron chi connectivity index (χ0n) is 13.0. The van der Waals surface area contributed by atoms with Gasteiger partial charge in [0.15, 0.2) is 0 Å². The number of nitrogens with one attached hydrogen (secondary N) is 1. The van der Waals surface area contributed by atoms with Crippen molar-refractivity contribution >= 4 is 5.69 Å². The van der Waals surface area contributed by atoms with E-state index in [9.17, 15) is 5.11 Å². The van der Waals surface area contributed by atoms with Crippen LogP contribution in [0.15, 0.2) is 24.3 Å². The van der Waals surface area contributed by atoms with Crippen LogP contribution in [-0.4, -0.2) is 23.9 Å². The van der Waals surface area contributed by atoms with Crippen molar-refractivity contribution in [2.45, 2.75) is 52.9 Å². The molecule has 1 aliphatic carbocycles. The molecule has 1 aliphatic rings. The van der Waals surface area contributed by atoms with Gasteiger partial charge in [0.25, 0.3) is 0 Å². The normalized spacial score (nSPS) is 24.5. The molecule has 2 rings (SSSR count). The van der Waals surface area contributed by atoms with Gasteiger partial charge < -0.3 is 15.2 Å². The summed E-state index contributed by atoms with van der Waals surface area (Å²) in [5, 5.41) is 12.8. The highest BCUT2D eigenvalue weighted by Crippen LogP contribution is 2.44. The van der Waals surface area contributed by atoms with Gasteiger partial charge in [0.1, 0.15) is 0 Å². The molecule has 3 nitrogen and oxygen atoms in total. The van der Waals surface area contributed by atoms with Crippen LogP contribution in [0.5, 0.6) is 0 Å². The molecule has 1 aromatic carbocycles. The minimum atomic E-state index is 0.0870. The van der Waals surface area contributed by atoms with Crippen molar-refractivity contribution in [1.29, 1.82) is 0 Å². The predicted octanol–water partition coefficient (Wildman–Crippen LogP) is 3.43. The molecule has 1 saturated carbocycles. The third-order valence-electron chi connectivity index (χ3n) is 4.26. The van der Waals surface area contributed by atoms with Crippen LogP contribution in [0.2, 0.25) is 0 Å². The maximum atomic E-state index is 9.19. The Kier molecular flexibility index (Phi) is 4.71. The van der Waals surface area contributed by atoms with E-state index in [1.165, 1.54) is 0 Å². The molecule has 20 heavy (non-hydrogen) atoms. The fraction of sp³-hybridized carbons (Fsp3) is 0.647. The third kappa shape index (κ3) is 3.33. The summed E-state index contributed by atoms with van der Waals surface area (Å²) in [5.74, 6) is 0.582. The first-order valence-electron chi connectivity index (χ1n) is 7.51. The van der Waals surface area contributed by atoms with E-state index in [1.807, 2.05) is 18.2 Å². The van der Waals surface area contributed by atoms with Crippen LogP contribution >= 0.6 is 0 Å². The number of aliphatic hydroxyl groups is 1. The highest BCUT2D eigenvalue weighted by molar-refractivity contribution is 5.47. The first kappa shape index (κ1) is 15.3. The first-order valence-corrected chi connectivity index (χ1v) is 7.51. The molecule has 2 atom stereocenters. The molecule has 0 amide bonds. The van der Waals surface area contributed by atoms with E-state index in [2.05, 4.69) is 39.1 Å². The standard InChI is InChI=1S/C17H27NO2/c1-12(2)11-20-16-9-15(17(16,3)4)18-14-7-5-6-13(8-14)10-19/h5-8,12,15-16,18-19H,9-11H2,1-4H3. The molecule has 1 fully saturated rings. The number of hydrogen-bond acceptors (Lipinski definition) is 3. The summed E-state index contributed by atoms with van der Waals surface area (Å²) >= 11 is 0. The molecule has 0 saturated heterocycles. The Morgan fingerprint density at radius 1 is 1.40 bits per heavy atom. The average molecular weight is 277 g/mol. The summed E-state index contributed by atoms with van der Waals surface area (Å²) in [7, 11) is 0. The largest absolute Gasteiger partial charge is 0.392 e. The van der Waals surface area contributed by atoms with E-state index < -0.39 is 0 Å². The van der Waals surface area contributed by atoms with E-state index in [0.29, 0.717) is 18.1 Å². The third-order valence-corrected chi connectivity index (χ3v) is 4.26. The second kappa shape index (κ2) is 6.15. The molecule has 0 aliphatic heterocycles. The van der Waals surface area contributed by atoms with Gasteiger partial charge in [0, 0.05) is 23.8 Å². The lowest BCUT2D eigenvalue weighted by molar-refractivity contribution is -0.108. The summed E-state index contributed by atoms with van der Waals surface area (Å²) < 4.78 is 5.99. The van der Waals surface area contributed by atoms with E-state index in [4.69, 9.17) is 4.74 Å². The highest BCUT2D eigenvalue weighted by Gasteiger charge is 2.49. The quantitative estimate of drug-likeness (QED) is 0.837. The van der Waals surface area contributed by atoms with Crippen molar-refractivity contribution in [3.05, 3.63) is 29.8 Å². The topological polar surface area (TPSA) is 41.5 Å². The molecular formula is C17H27NO2. The SMILES string of the molecule is CC(C)COC1CC(Nc2cccc(CO)c2)C1(C)C. The molecule has 112 valence electrons. The monoisotopic (exact) mass is 277 g/mol. The fourth-order valence-corrected chi connectivity index (χ4v) is 2.68. The van der Waals surface area contributed by atoms with Crippen molar-refractivity contribution < 1.29 is 9.84 Å². The molecule has 0 aromatic heterocycles. The van der Waals surface area contributed by atoms with Crippen molar-refractivity contribution in [3.63, 3.8) is 0 Å². The summed E-state index contributed by atoms with van der Waals surface area (Å²) in [6, 6.07) is 8.40. The average Bonchev–Trinajstić information content (AvgIpc) is 2.42. The van der Waals surface area contributed by atoms with Gasteiger partial charge in [0.2, 0.25) is 0 Å². The van der Waals surface area contributed by atoms with Gasteiger partial charge in [-0.25, -0.2) is 0 Å². The van der Waals surface area contributed by atoms with Crippen LogP contribution in [0, 0.1) is 11.3 Å².